The number of hydrogen-bond donors (Lipinski definition) is 1. The van der Waals surface area contributed by atoms with Gasteiger partial charge in [0.1, 0.15) is 23.5 Å². The molecule has 0 amide bonds. The lowest BCUT2D eigenvalue weighted by atomic mass is 10.0. The summed E-state index contributed by atoms with van der Waals surface area (Å²) in [6.45, 7) is 1.85. The van der Waals surface area contributed by atoms with Crippen molar-refractivity contribution in [2.75, 3.05) is 0 Å². The van der Waals surface area contributed by atoms with Crippen LogP contribution in [0.3, 0.4) is 0 Å². The van der Waals surface area contributed by atoms with Crippen molar-refractivity contribution in [2.24, 2.45) is 0 Å². The molecule has 0 atom stereocenters. The Hall–Kier alpha value is -1.97. The van der Waals surface area contributed by atoms with Crippen LogP contribution >= 0.6 is 11.6 Å². The highest BCUT2D eigenvalue weighted by atomic mass is 35.5. The standard InChI is InChI=1S/C12H9ClN2O/c1-8-2-10(4-9(6-14)7-15)12(16)11(3-8)5-13/h2-4,16H,5H2,1H3. The molecule has 1 rings (SSSR count). The summed E-state index contributed by atoms with van der Waals surface area (Å²) in [5.74, 6) is 0.201. The summed E-state index contributed by atoms with van der Waals surface area (Å²) in [6, 6.07) is 6.94. The number of nitrogens with zero attached hydrogens (tertiary/aromatic N) is 2. The lowest BCUT2D eigenvalue weighted by molar-refractivity contribution is 0.469. The maximum absolute atomic E-state index is 9.81. The summed E-state index contributed by atoms with van der Waals surface area (Å²) >= 11 is 5.67. The molecule has 0 bridgehead atoms. The van der Waals surface area contributed by atoms with Crippen LogP contribution in [0.4, 0.5) is 0 Å². The molecule has 0 saturated heterocycles. The Morgan fingerprint density at radius 3 is 2.56 bits per heavy atom. The predicted molar refractivity (Wildman–Crippen MR) is 61.6 cm³/mol. The molecule has 0 heterocycles. The van der Waals surface area contributed by atoms with E-state index in [0.29, 0.717) is 11.1 Å². The van der Waals surface area contributed by atoms with Crippen molar-refractivity contribution in [2.45, 2.75) is 12.8 Å². The Morgan fingerprint density at radius 1 is 1.44 bits per heavy atom. The maximum atomic E-state index is 9.81. The molecule has 0 unspecified atom stereocenters. The van der Waals surface area contributed by atoms with Crippen LogP contribution in [-0.4, -0.2) is 5.11 Å². The smallest absolute Gasteiger partial charge is 0.130 e. The van der Waals surface area contributed by atoms with Crippen LogP contribution in [0.1, 0.15) is 16.7 Å². The molecule has 16 heavy (non-hydrogen) atoms. The first-order chi connectivity index (χ1) is 7.62. The number of allylic oxidation sites excluding steroid dienone is 1. The summed E-state index contributed by atoms with van der Waals surface area (Å²) in [6.07, 6.45) is 1.35. The number of benzene rings is 1. The molecule has 0 aliphatic rings. The number of phenolic OH excluding ortho intramolecular Hbond substituents is 1. The molecule has 1 aromatic rings. The normalized spacial score (nSPS) is 9.00. The van der Waals surface area contributed by atoms with Crippen LogP contribution < -0.4 is 0 Å². The third-order valence-corrected chi connectivity index (χ3v) is 2.34. The summed E-state index contributed by atoms with van der Waals surface area (Å²) in [5.41, 5.74) is 1.88. The minimum absolute atomic E-state index is 0.0172. The van der Waals surface area contributed by atoms with Crippen LogP contribution in [0.15, 0.2) is 17.7 Å². The molecule has 4 heteroatoms. The summed E-state index contributed by atoms with van der Waals surface area (Å²) in [7, 11) is 0. The first-order valence-electron chi connectivity index (χ1n) is 4.52. The molecule has 1 aromatic carbocycles. The van der Waals surface area contributed by atoms with Crippen molar-refractivity contribution >= 4 is 17.7 Å². The summed E-state index contributed by atoms with van der Waals surface area (Å²) < 4.78 is 0. The van der Waals surface area contributed by atoms with E-state index in [1.54, 1.807) is 24.3 Å². The molecule has 3 nitrogen and oxygen atoms in total. The predicted octanol–water partition coefficient (Wildman–Crippen LogP) is 2.87. The van der Waals surface area contributed by atoms with E-state index in [1.165, 1.54) is 6.08 Å². The van der Waals surface area contributed by atoms with Gasteiger partial charge in [0.2, 0.25) is 0 Å². The third kappa shape index (κ3) is 2.53. The van der Waals surface area contributed by atoms with Crippen molar-refractivity contribution < 1.29 is 5.11 Å². The Morgan fingerprint density at radius 2 is 2.06 bits per heavy atom. The SMILES string of the molecule is Cc1cc(C=C(C#N)C#N)c(O)c(CCl)c1. The van der Waals surface area contributed by atoms with Crippen LogP contribution in [0, 0.1) is 29.6 Å². The number of rotatable bonds is 2. The minimum atomic E-state index is -0.0542. The van der Waals surface area contributed by atoms with Gasteiger partial charge in [0.05, 0.1) is 5.88 Å². The zero-order valence-electron chi connectivity index (χ0n) is 8.66. The minimum Gasteiger partial charge on any atom is -0.507 e. The van der Waals surface area contributed by atoms with E-state index in [4.69, 9.17) is 22.1 Å². The average Bonchev–Trinajstić information content (AvgIpc) is 2.29. The molecule has 0 aliphatic heterocycles. The zero-order valence-corrected chi connectivity index (χ0v) is 9.41. The van der Waals surface area contributed by atoms with Gasteiger partial charge in [-0.15, -0.1) is 11.6 Å². The highest BCUT2D eigenvalue weighted by molar-refractivity contribution is 6.17. The topological polar surface area (TPSA) is 67.8 Å². The first-order valence-corrected chi connectivity index (χ1v) is 5.06. The van der Waals surface area contributed by atoms with E-state index < -0.39 is 0 Å². The highest BCUT2D eigenvalue weighted by Crippen LogP contribution is 2.27. The van der Waals surface area contributed by atoms with E-state index in [0.717, 1.165) is 5.56 Å². The van der Waals surface area contributed by atoms with Gasteiger partial charge in [-0.2, -0.15) is 10.5 Å². The largest absolute Gasteiger partial charge is 0.507 e. The molecule has 0 aliphatic carbocycles. The number of alkyl halides is 1. The first kappa shape index (κ1) is 12.1. The Kier molecular flexibility index (Phi) is 3.94. The molecule has 0 saturated carbocycles. The maximum Gasteiger partial charge on any atom is 0.130 e. The number of phenols is 1. The lowest BCUT2D eigenvalue weighted by Crippen LogP contribution is -1.87. The van der Waals surface area contributed by atoms with Gasteiger partial charge in [-0.1, -0.05) is 6.07 Å². The monoisotopic (exact) mass is 232 g/mol. The Balaban J connectivity index is 3.37. The van der Waals surface area contributed by atoms with E-state index in [9.17, 15) is 5.11 Å². The van der Waals surface area contributed by atoms with Crippen LogP contribution in [0.2, 0.25) is 0 Å². The molecule has 0 radical (unpaired) electrons. The molecule has 80 valence electrons. The van der Waals surface area contributed by atoms with Crippen molar-refractivity contribution in [1.82, 2.24) is 0 Å². The second-order valence-electron chi connectivity index (χ2n) is 3.28. The van der Waals surface area contributed by atoms with Gasteiger partial charge in [0, 0.05) is 11.1 Å². The van der Waals surface area contributed by atoms with Crippen molar-refractivity contribution in [3.8, 4) is 17.9 Å². The van der Waals surface area contributed by atoms with Gasteiger partial charge in [0.15, 0.2) is 0 Å². The van der Waals surface area contributed by atoms with Gasteiger partial charge in [-0.05, 0) is 24.6 Å². The van der Waals surface area contributed by atoms with E-state index in [-0.39, 0.29) is 17.2 Å². The molecule has 1 N–H and O–H groups in total. The zero-order chi connectivity index (χ0) is 12.1. The van der Waals surface area contributed by atoms with E-state index in [2.05, 4.69) is 0 Å². The van der Waals surface area contributed by atoms with Crippen molar-refractivity contribution in [3.05, 3.63) is 34.4 Å². The fourth-order valence-electron chi connectivity index (χ4n) is 1.34. The number of hydrogen-bond acceptors (Lipinski definition) is 3. The Labute approximate surface area is 98.8 Å². The quantitative estimate of drug-likeness (QED) is 0.630. The van der Waals surface area contributed by atoms with Gasteiger partial charge in [-0.25, -0.2) is 0 Å². The van der Waals surface area contributed by atoms with Gasteiger partial charge in [0.25, 0.3) is 0 Å². The fraction of sp³-hybridized carbons (Fsp3) is 0.167. The third-order valence-electron chi connectivity index (χ3n) is 2.05. The van der Waals surface area contributed by atoms with E-state index >= 15 is 0 Å². The van der Waals surface area contributed by atoms with Gasteiger partial charge < -0.3 is 5.11 Å². The molecule has 0 spiro atoms. The van der Waals surface area contributed by atoms with Gasteiger partial charge in [-0.3, -0.25) is 0 Å². The number of aromatic hydroxyl groups is 1. The van der Waals surface area contributed by atoms with E-state index in [1.807, 2.05) is 6.92 Å². The highest BCUT2D eigenvalue weighted by Gasteiger charge is 2.07. The summed E-state index contributed by atoms with van der Waals surface area (Å²) in [5, 5.41) is 27.1. The lowest BCUT2D eigenvalue weighted by Gasteiger charge is -2.06. The summed E-state index contributed by atoms with van der Waals surface area (Å²) in [4.78, 5) is 0. The van der Waals surface area contributed by atoms with Gasteiger partial charge >= 0.3 is 0 Å². The van der Waals surface area contributed by atoms with Crippen molar-refractivity contribution in [3.63, 3.8) is 0 Å². The van der Waals surface area contributed by atoms with Crippen LogP contribution in [0.25, 0.3) is 6.08 Å². The second-order valence-corrected chi connectivity index (χ2v) is 3.54. The molecular weight excluding hydrogens is 224 g/mol. The molecule has 0 aromatic heterocycles. The van der Waals surface area contributed by atoms with Crippen LogP contribution in [0.5, 0.6) is 5.75 Å². The molecular formula is C12H9ClN2O. The Bertz CT molecular complexity index is 505. The fourth-order valence-corrected chi connectivity index (χ4v) is 1.54. The second kappa shape index (κ2) is 5.21. The number of halogens is 1. The van der Waals surface area contributed by atoms with Crippen molar-refractivity contribution in [1.29, 1.82) is 10.5 Å². The van der Waals surface area contributed by atoms with Crippen LogP contribution in [-0.2, 0) is 5.88 Å². The molecule has 0 fully saturated rings. The number of aryl methyl sites for hydroxylation is 1. The number of nitriles is 2. The average molecular weight is 233 g/mol.